The zero-order valence-electron chi connectivity index (χ0n) is 14.2. The lowest BCUT2D eigenvalue weighted by Crippen LogP contribution is -2.49. The van der Waals surface area contributed by atoms with Crippen molar-refractivity contribution in [1.82, 2.24) is 9.88 Å². The zero-order valence-corrected chi connectivity index (χ0v) is 14.2. The molecule has 126 valence electrons. The first-order valence-electron chi connectivity index (χ1n) is 9.27. The van der Waals surface area contributed by atoms with Gasteiger partial charge >= 0.3 is 0 Å². The van der Waals surface area contributed by atoms with Gasteiger partial charge in [-0.25, -0.2) is 0 Å². The molecule has 1 aliphatic heterocycles. The number of aryl methyl sites for hydroxylation is 1. The smallest absolute Gasteiger partial charge is 0.254 e. The van der Waals surface area contributed by atoms with Crippen LogP contribution in [0.3, 0.4) is 0 Å². The summed E-state index contributed by atoms with van der Waals surface area (Å²) in [5.41, 5.74) is 4.84. The number of hydrogen-bond donors (Lipinski definition) is 1. The predicted molar refractivity (Wildman–Crippen MR) is 99.9 cm³/mol. The number of carbonyl (C=O) groups is 1. The van der Waals surface area contributed by atoms with E-state index in [0.29, 0.717) is 12.0 Å². The standard InChI is InChI=1S/C22H22N2O/c25-22(17-7-9-20-16(14-17)11-12-23-20)24-13-3-6-19-18-5-2-1-4-15(18)8-10-21(19)24/h1-2,4-5,7,9,11-12,14,19,21,23H,3,6,8,10,13H2/t19-,21?/m1/s1. The van der Waals surface area contributed by atoms with Crippen LogP contribution in [0.25, 0.3) is 10.9 Å². The monoisotopic (exact) mass is 330 g/mol. The minimum Gasteiger partial charge on any atom is -0.361 e. The van der Waals surface area contributed by atoms with Gasteiger partial charge in [-0.05, 0) is 61.1 Å². The van der Waals surface area contributed by atoms with E-state index in [1.165, 1.54) is 17.5 Å². The van der Waals surface area contributed by atoms with E-state index < -0.39 is 0 Å². The van der Waals surface area contributed by atoms with Gasteiger partial charge in [-0.15, -0.1) is 0 Å². The highest BCUT2D eigenvalue weighted by Crippen LogP contribution is 2.41. The first kappa shape index (κ1) is 14.8. The number of aromatic nitrogens is 1. The molecule has 3 heteroatoms. The molecule has 2 aliphatic rings. The quantitative estimate of drug-likeness (QED) is 0.700. The highest BCUT2D eigenvalue weighted by Gasteiger charge is 2.38. The van der Waals surface area contributed by atoms with Gasteiger partial charge in [-0.1, -0.05) is 24.3 Å². The summed E-state index contributed by atoms with van der Waals surface area (Å²) < 4.78 is 0. The van der Waals surface area contributed by atoms with Gasteiger partial charge in [0, 0.05) is 41.2 Å². The van der Waals surface area contributed by atoms with E-state index in [2.05, 4.69) is 34.1 Å². The van der Waals surface area contributed by atoms with Crippen LogP contribution in [0.2, 0.25) is 0 Å². The minimum absolute atomic E-state index is 0.192. The number of likely N-dealkylation sites (tertiary alicyclic amines) is 1. The molecule has 1 amide bonds. The Morgan fingerprint density at radius 2 is 2.00 bits per heavy atom. The first-order valence-corrected chi connectivity index (χ1v) is 9.27. The van der Waals surface area contributed by atoms with Crippen LogP contribution in [0, 0.1) is 0 Å². The molecule has 1 aliphatic carbocycles. The van der Waals surface area contributed by atoms with Crippen LogP contribution in [0.1, 0.15) is 46.7 Å². The highest BCUT2D eigenvalue weighted by molar-refractivity contribution is 5.98. The van der Waals surface area contributed by atoms with Crippen molar-refractivity contribution >= 4 is 16.8 Å². The normalized spacial score (nSPS) is 22.5. The first-order chi connectivity index (χ1) is 12.3. The molecular formula is C22H22N2O. The van der Waals surface area contributed by atoms with Crippen LogP contribution in [0.5, 0.6) is 0 Å². The maximum Gasteiger partial charge on any atom is 0.254 e. The lowest BCUT2D eigenvalue weighted by atomic mass is 9.74. The third-order valence-electron chi connectivity index (χ3n) is 6.00. The molecule has 1 unspecified atom stereocenters. The average molecular weight is 330 g/mol. The molecule has 2 atom stereocenters. The van der Waals surface area contributed by atoms with E-state index in [4.69, 9.17) is 0 Å². The Balaban J connectivity index is 1.48. The summed E-state index contributed by atoms with van der Waals surface area (Å²) in [5.74, 6) is 0.691. The van der Waals surface area contributed by atoms with E-state index in [-0.39, 0.29) is 5.91 Å². The molecule has 1 aromatic heterocycles. The lowest BCUT2D eigenvalue weighted by Gasteiger charge is -2.45. The molecule has 1 saturated heterocycles. The van der Waals surface area contributed by atoms with E-state index in [1.807, 2.05) is 30.5 Å². The maximum absolute atomic E-state index is 13.2. The van der Waals surface area contributed by atoms with E-state index >= 15 is 0 Å². The second kappa shape index (κ2) is 5.76. The zero-order chi connectivity index (χ0) is 16.8. The number of fused-ring (bicyclic) bond motifs is 4. The van der Waals surface area contributed by atoms with Gasteiger partial charge in [-0.2, -0.15) is 0 Å². The number of hydrogen-bond acceptors (Lipinski definition) is 1. The summed E-state index contributed by atoms with van der Waals surface area (Å²) >= 11 is 0. The van der Waals surface area contributed by atoms with Gasteiger partial charge in [0.15, 0.2) is 0 Å². The number of piperidine rings is 1. The van der Waals surface area contributed by atoms with Crippen molar-refractivity contribution in [3.05, 3.63) is 71.4 Å². The molecular weight excluding hydrogens is 308 g/mol. The Hall–Kier alpha value is -2.55. The fourth-order valence-electron chi connectivity index (χ4n) is 4.81. The highest BCUT2D eigenvalue weighted by atomic mass is 16.2. The number of H-pyrrole nitrogens is 1. The third-order valence-corrected chi connectivity index (χ3v) is 6.00. The molecule has 3 nitrogen and oxygen atoms in total. The SMILES string of the molecule is O=C(c1ccc2[nH]ccc2c1)N1CCC[C@@H]2c3ccccc3CCC21. The average Bonchev–Trinajstić information content (AvgIpc) is 3.14. The number of rotatable bonds is 1. The Morgan fingerprint density at radius 1 is 1.08 bits per heavy atom. The van der Waals surface area contributed by atoms with E-state index in [0.717, 1.165) is 42.3 Å². The largest absolute Gasteiger partial charge is 0.361 e. The molecule has 0 spiro atoms. The fraction of sp³-hybridized carbons (Fsp3) is 0.318. The number of aromatic amines is 1. The van der Waals surface area contributed by atoms with E-state index in [9.17, 15) is 4.79 Å². The molecule has 0 bridgehead atoms. The van der Waals surface area contributed by atoms with Crippen molar-refractivity contribution in [2.45, 2.75) is 37.6 Å². The van der Waals surface area contributed by atoms with Crippen LogP contribution in [0.15, 0.2) is 54.7 Å². The van der Waals surface area contributed by atoms with Crippen LogP contribution >= 0.6 is 0 Å². The summed E-state index contributed by atoms with van der Waals surface area (Å²) in [7, 11) is 0. The van der Waals surface area contributed by atoms with Crippen LogP contribution in [-0.4, -0.2) is 28.4 Å². The summed E-state index contributed by atoms with van der Waals surface area (Å²) in [4.78, 5) is 18.6. The number of nitrogens with zero attached hydrogens (tertiary/aromatic N) is 1. The van der Waals surface area contributed by atoms with Gasteiger partial charge < -0.3 is 9.88 Å². The van der Waals surface area contributed by atoms with Crippen molar-refractivity contribution < 1.29 is 4.79 Å². The number of amides is 1. The molecule has 25 heavy (non-hydrogen) atoms. The molecule has 1 fully saturated rings. The van der Waals surface area contributed by atoms with Crippen molar-refractivity contribution in [3.8, 4) is 0 Å². The van der Waals surface area contributed by atoms with Crippen LogP contribution in [-0.2, 0) is 6.42 Å². The Morgan fingerprint density at radius 3 is 2.96 bits per heavy atom. The van der Waals surface area contributed by atoms with Gasteiger partial charge in [-0.3, -0.25) is 4.79 Å². The van der Waals surface area contributed by atoms with Gasteiger partial charge in [0.05, 0.1) is 0 Å². The Bertz CT molecular complexity index is 942. The molecule has 0 saturated carbocycles. The van der Waals surface area contributed by atoms with E-state index in [1.54, 1.807) is 0 Å². The lowest BCUT2D eigenvalue weighted by molar-refractivity contribution is 0.0547. The Kier molecular flexibility index (Phi) is 3.40. The predicted octanol–water partition coefficient (Wildman–Crippen LogP) is 4.50. The van der Waals surface area contributed by atoms with Gasteiger partial charge in [0.1, 0.15) is 0 Å². The summed E-state index contributed by atoms with van der Waals surface area (Å²) in [5, 5.41) is 1.10. The molecule has 3 aromatic rings. The third kappa shape index (κ3) is 2.38. The van der Waals surface area contributed by atoms with Crippen LogP contribution in [0.4, 0.5) is 0 Å². The van der Waals surface area contributed by atoms with Gasteiger partial charge in [0.25, 0.3) is 5.91 Å². The van der Waals surface area contributed by atoms with Crippen LogP contribution < -0.4 is 0 Å². The topological polar surface area (TPSA) is 36.1 Å². The second-order valence-electron chi connectivity index (χ2n) is 7.33. The van der Waals surface area contributed by atoms with Crippen molar-refractivity contribution in [1.29, 1.82) is 0 Å². The number of nitrogens with one attached hydrogen (secondary N) is 1. The summed E-state index contributed by atoms with van der Waals surface area (Å²) in [6.07, 6.45) is 6.38. The van der Waals surface area contributed by atoms with Crippen molar-refractivity contribution in [3.63, 3.8) is 0 Å². The minimum atomic E-state index is 0.192. The number of benzene rings is 2. The molecule has 2 heterocycles. The number of carbonyl (C=O) groups excluding carboxylic acids is 1. The second-order valence-corrected chi connectivity index (χ2v) is 7.33. The fourth-order valence-corrected chi connectivity index (χ4v) is 4.81. The summed E-state index contributed by atoms with van der Waals surface area (Å²) in [6.45, 7) is 0.882. The van der Waals surface area contributed by atoms with Crippen molar-refractivity contribution in [2.75, 3.05) is 6.54 Å². The molecule has 5 rings (SSSR count). The summed E-state index contributed by atoms with van der Waals surface area (Å²) in [6, 6.07) is 17.2. The molecule has 0 radical (unpaired) electrons. The maximum atomic E-state index is 13.2. The Labute approximate surface area is 147 Å². The molecule has 1 N–H and O–H groups in total. The van der Waals surface area contributed by atoms with Crippen molar-refractivity contribution in [2.24, 2.45) is 0 Å². The van der Waals surface area contributed by atoms with Gasteiger partial charge in [0.2, 0.25) is 0 Å². The molecule has 2 aromatic carbocycles.